The summed E-state index contributed by atoms with van der Waals surface area (Å²) in [7, 11) is 0. The molecule has 1 aliphatic heterocycles. The number of phenols is 1. The summed E-state index contributed by atoms with van der Waals surface area (Å²) in [6.07, 6.45) is 2.03. The molecule has 4 heteroatoms. The molecule has 0 aliphatic carbocycles. The van der Waals surface area contributed by atoms with Gasteiger partial charge in [-0.05, 0) is 38.1 Å². The van der Waals surface area contributed by atoms with Gasteiger partial charge in [0.15, 0.2) is 0 Å². The topological polar surface area (TPSA) is 70.3 Å². The molecule has 16 heavy (non-hydrogen) atoms. The lowest BCUT2D eigenvalue weighted by molar-refractivity contribution is 0.346. The van der Waals surface area contributed by atoms with E-state index in [2.05, 4.69) is 10.6 Å². The van der Waals surface area contributed by atoms with Crippen molar-refractivity contribution in [3.05, 3.63) is 24.3 Å². The molecular formula is C12H19N3O. The summed E-state index contributed by atoms with van der Waals surface area (Å²) in [5.74, 6) is 0.283. The van der Waals surface area contributed by atoms with Crippen LogP contribution in [-0.2, 0) is 0 Å². The SMILES string of the molecule is NCC1(Nc2cccc(O)c2)CCNCC1. The molecule has 5 N–H and O–H groups in total. The molecule has 0 bridgehead atoms. The highest BCUT2D eigenvalue weighted by atomic mass is 16.3. The fraction of sp³-hybridized carbons (Fsp3) is 0.500. The van der Waals surface area contributed by atoms with Gasteiger partial charge in [0, 0.05) is 18.3 Å². The molecule has 4 nitrogen and oxygen atoms in total. The van der Waals surface area contributed by atoms with E-state index in [0.29, 0.717) is 6.54 Å². The molecular weight excluding hydrogens is 202 g/mol. The van der Waals surface area contributed by atoms with Crippen molar-refractivity contribution in [1.82, 2.24) is 5.32 Å². The summed E-state index contributed by atoms with van der Waals surface area (Å²) in [5.41, 5.74) is 6.78. The van der Waals surface area contributed by atoms with E-state index in [0.717, 1.165) is 31.6 Å². The van der Waals surface area contributed by atoms with Gasteiger partial charge in [-0.25, -0.2) is 0 Å². The first-order valence-corrected chi connectivity index (χ1v) is 5.72. The zero-order valence-corrected chi connectivity index (χ0v) is 9.37. The highest BCUT2D eigenvalue weighted by Crippen LogP contribution is 2.25. The fourth-order valence-electron chi connectivity index (χ4n) is 2.18. The summed E-state index contributed by atoms with van der Waals surface area (Å²) in [6.45, 7) is 2.59. The minimum atomic E-state index is -0.0287. The van der Waals surface area contributed by atoms with Crippen LogP contribution in [0.15, 0.2) is 24.3 Å². The van der Waals surface area contributed by atoms with Crippen LogP contribution in [0.25, 0.3) is 0 Å². The molecule has 1 heterocycles. The Balaban J connectivity index is 2.11. The van der Waals surface area contributed by atoms with E-state index in [9.17, 15) is 5.11 Å². The van der Waals surface area contributed by atoms with Crippen LogP contribution in [0.2, 0.25) is 0 Å². The van der Waals surface area contributed by atoms with E-state index in [-0.39, 0.29) is 11.3 Å². The number of hydrogen-bond acceptors (Lipinski definition) is 4. The number of rotatable bonds is 3. The van der Waals surface area contributed by atoms with Gasteiger partial charge >= 0.3 is 0 Å². The van der Waals surface area contributed by atoms with Gasteiger partial charge in [-0.1, -0.05) is 6.07 Å². The second-order valence-corrected chi connectivity index (χ2v) is 4.41. The summed E-state index contributed by atoms with van der Waals surface area (Å²) in [6, 6.07) is 7.20. The van der Waals surface area contributed by atoms with Crippen LogP contribution in [0.3, 0.4) is 0 Å². The van der Waals surface area contributed by atoms with E-state index in [1.165, 1.54) is 0 Å². The number of nitrogens with one attached hydrogen (secondary N) is 2. The van der Waals surface area contributed by atoms with Crippen LogP contribution in [0.4, 0.5) is 5.69 Å². The summed E-state index contributed by atoms with van der Waals surface area (Å²) in [4.78, 5) is 0. The Morgan fingerprint density at radius 1 is 1.38 bits per heavy atom. The number of piperidine rings is 1. The Bertz CT molecular complexity index is 348. The second-order valence-electron chi connectivity index (χ2n) is 4.41. The number of phenolic OH excluding ortho intramolecular Hbond substituents is 1. The Kier molecular flexibility index (Phi) is 3.31. The van der Waals surface area contributed by atoms with Crippen molar-refractivity contribution in [1.29, 1.82) is 0 Å². The number of benzene rings is 1. The van der Waals surface area contributed by atoms with Crippen molar-refractivity contribution in [3.8, 4) is 5.75 Å². The van der Waals surface area contributed by atoms with Crippen LogP contribution in [0.5, 0.6) is 5.75 Å². The Hall–Kier alpha value is -1.26. The van der Waals surface area contributed by atoms with Gasteiger partial charge in [-0.15, -0.1) is 0 Å². The third-order valence-electron chi connectivity index (χ3n) is 3.21. The molecule has 0 atom stereocenters. The van der Waals surface area contributed by atoms with Crippen molar-refractivity contribution in [2.24, 2.45) is 5.73 Å². The van der Waals surface area contributed by atoms with Crippen LogP contribution in [-0.4, -0.2) is 30.3 Å². The molecule has 2 rings (SSSR count). The number of aromatic hydroxyl groups is 1. The average Bonchev–Trinajstić information content (AvgIpc) is 2.30. The molecule has 1 fully saturated rings. The highest BCUT2D eigenvalue weighted by Gasteiger charge is 2.30. The van der Waals surface area contributed by atoms with Gasteiger partial charge in [0.25, 0.3) is 0 Å². The first-order chi connectivity index (χ1) is 7.74. The summed E-state index contributed by atoms with van der Waals surface area (Å²) < 4.78 is 0. The van der Waals surface area contributed by atoms with Gasteiger partial charge in [0.2, 0.25) is 0 Å². The maximum Gasteiger partial charge on any atom is 0.117 e. The highest BCUT2D eigenvalue weighted by molar-refractivity contribution is 5.50. The predicted molar refractivity (Wildman–Crippen MR) is 65.6 cm³/mol. The molecule has 1 saturated heterocycles. The molecule has 0 amide bonds. The van der Waals surface area contributed by atoms with E-state index < -0.39 is 0 Å². The smallest absolute Gasteiger partial charge is 0.117 e. The Morgan fingerprint density at radius 3 is 2.75 bits per heavy atom. The minimum absolute atomic E-state index is 0.0287. The number of hydrogen-bond donors (Lipinski definition) is 4. The molecule has 0 unspecified atom stereocenters. The molecule has 88 valence electrons. The van der Waals surface area contributed by atoms with Crippen molar-refractivity contribution in [2.75, 3.05) is 25.0 Å². The lowest BCUT2D eigenvalue weighted by Crippen LogP contribution is -2.52. The first-order valence-electron chi connectivity index (χ1n) is 5.72. The molecule has 1 aliphatic rings. The van der Waals surface area contributed by atoms with Crippen molar-refractivity contribution in [3.63, 3.8) is 0 Å². The number of anilines is 1. The second kappa shape index (κ2) is 4.72. The normalized spacial score (nSPS) is 19.3. The van der Waals surface area contributed by atoms with Gasteiger partial charge in [0.05, 0.1) is 5.54 Å². The van der Waals surface area contributed by atoms with E-state index in [1.54, 1.807) is 12.1 Å². The quantitative estimate of drug-likeness (QED) is 0.611. The van der Waals surface area contributed by atoms with Crippen LogP contribution < -0.4 is 16.4 Å². The van der Waals surface area contributed by atoms with E-state index in [1.807, 2.05) is 12.1 Å². The van der Waals surface area contributed by atoms with Crippen LogP contribution in [0.1, 0.15) is 12.8 Å². The standard InChI is InChI=1S/C12H19N3O/c13-9-12(4-6-14-7-5-12)15-10-2-1-3-11(16)8-10/h1-3,8,14-16H,4-7,9,13H2. The zero-order chi connectivity index (χ0) is 11.4. The van der Waals surface area contributed by atoms with Gasteiger partial charge in [-0.2, -0.15) is 0 Å². The molecule has 1 aromatic carbocycles. The maximum absolute atomic E-state index is 9.42. The lowest BCUT2D eigenvalue weighted by Gasteiger charge is -2.38. The van der Waals surface area contributed by atoms with E-state index >= 15 is 0 Å². The van der Waals surface area contributed by atoms with E-state index in [4.69, 9.17) is 5.73 Å². The summed E-state index contributed by atoms with van der Waals surface area (Å²) in [5, 5.41) is 16.2. The fourth-order valence-corrected chi connectivity index (χ4v) is 2.18. The molecule has 0 saturated carbocycles. The monoisotopic (exact) mass is 221 g/mol. The van der Waals surface area contributed by atoms with Gasteiger partial charge in [0.1, 0.15) is 5.75 Å². The average molecular weight is 221 g/mol. The molecule has 1 aromatic rings. The molecule has 0 radical (unpaired) electrons. The lowest BCUT2D eigenvalue weighted by atomic mass is 9.88. The van der Waals surface area contributed by atoms with Crippen molar-refractivity contribution >= 4 is 5.69 Å². The Morgan fingerprint density at radius 2 is 2.12 bits per heavy atom. The first kappa shape index (κ1) is 11.2. The third-order valence-corrected chi connectivity index (χ3v) is 3.21. The third kappa shape index (κ3) is 2.46. The molecule has 0 spiro atoms. The predicted octanol–water partition coefficient (Wildman–Crippen LogP) is 0.885. The van der Waals surface area contributed by atoms with Gasteiger partial charge < -0.3 is 21.5 Å². The number of nitrogens with two attached hydrogens (primary N) is 1. The van der Waals surface area contributed by atoms with Crippen molar-refractivity contribution in [2.45, 2.75) is 18.4 Å². The van der Waals surface area contributed by atoms with Crippen molar-refractivity contribution < 1.29 is 5.11 Å². The molecule has 0 aromatic heterocycles. The van der Waals surface area contributed by atoms with Gasteiger partial charge in [-0.3, -0.25) is 0 Å². The largest absolute Gasteiger partial charge is 0.508 e. The Labute approximate surface area is 95.8 Å². The zero-order valence-electron chi connectivity index (χ0n) is 9.37. The van der Waals surface area contributed by atoms with Crippen LogP contribution in [0, 0.1) is 0 Å². The summed E-state index contributed by atoms with van der Waals surface area (Å²) >= 11 is 0. The maximum atomic E-state index is 9.42. The minimum Gasteiger partial charge on any atom is -0.508 e. The van der Waals surface area contributed by atoms with Crippen LogP contribution >= 0.6 is 0 Å².